The second kappa shape index (κ2) is 4.38. The van der Waals surface area contributed by atoms with E-state index in [9.17, 15) is 23.3 Å². The molecule has 2 rings (SSSR count). The highest BCUT2D eigenvalue weighted by molar-refractivity contribution is 5.67. The lowest BCUT2D eigenvalue weighted by atomic mass is 10.1. The number of halogens is 3. The summed E-state index contributed by atoms with van der Waals surface area (Å²) in [6.45, 7) is 1.25. The third-order valence-corrected chi connectivity index (χ3v) is 2.56. The van der Waals surface area contributed by atoms with Crippen LogP contribution in [0.4, 0.5) is 18.9 Å². The van der Waals surface area contributed by atoms with Crippen molar-refractivity contribution in [1.29, 1.82) is 0 Å². The van der Waals surface area contributed by atoms with Gasteiger partial charge in [0, 0.05) is 23.4 Å². The van der Waals surface area contributed by atoms with Crippen LogP contribution in [0.25, 0.3) is 11.3 Å². The third kappa shape index (κ3) is 2.42. The van der Waals surface area contributed by atoms with Gasteiger partial charge in [-0.1, -0.05) is 12.1 Å². The first kappa shape index (κ1) is 13.1. The van der Waals surface area contributed by atoms with Gasteiger partial charge in [0.15, 0.2) is 0 Å². The van der Waals surface area contributed by atoms with E-state index >= 15 is 0 Å². The van der Waals surface area contributed by atoms with Crippen molar-refractivity contribution >= 4 is 5.69 Å². The van der Waals surface area contributed by atoms with Gasteiger partial charge in [-0.3, -0.25) is 15.2 Å². The zero-order valence-electron chi connectivity index (χ0n) is 9.65. The summed E-state index contributed by atoms with van der Waals surface area (Å²) in [6, 6.07) is 4.93. The number of aromatic nitrogens is 2. The Morgan fingerprint density at radius 2 is 2.05 bits per heavy atom. The Morgan fingerprint density at radius 3 is 2.63 bits per heavy atom. The van der Waals surface area contributed by atoms with E-state index in [1.54, 1.807) is 0 Å². The first-order valence-corrected chi connectivity index (χ1v) is 5.17. The SMILES string of the molecule is Cc1[nH]nc(-c2cccc([N+](=O)[O-])c2)c1C(F)(F)F. The van der Waals surface area contributed by atoms with Crippen LogP contribution in [0.15, 0.2) is 24.3 Å². The van der Waals surface area contributed by atoms with Crippen molar-refractivity contribution in [1.82, 2.24) is 10.2 Å². The van der Waals surface area contributed by atoms with E-state index in [0.717, 1.165) is 6.07 Å². The first-order valence-electron chi connectivity index (χ1n) is 5.17. The number of nitrogens with one attached hydrogen (secondary N) is 1. The molecule has 1 N–H and O–H groups in total. The number of alkyl halides is 3. The minimum atomic E-state index is -4.57. The van der Waals surface area contributed by atoms with Crippen molar-refractivity contribution in [2.24, 2.45) is 0 Å². The molecule has 19 heavy (non-hydrogen) atoms. The summed E-state index contributed by atoms with van der Waals surface area (Å²) < 4.78 is 38.7. The second-order valence-corrected chi connectivity index (χ2v) is 3.88. The molecule has 1 aromatic carbocycles. The zero-order chi connectivity index (χ0) is 14.2. The van der Waals surface area contributed by atoms with Crippen LogP contribution in [0.3, 0.4) is 0 Å². The minimum absolute atomic E-state index is 0.0471. The summed E-state index contributed by atoms with van der Waals surface area (Å²) >= 11 is 0. The maximum Gasteiger partial charge on any atom is 0.420 e. The maximum absolute atomic E-state index is 12.9. The predicted molar refractivity (Wildman–Crippen MR) is 60.4 cm³/mol. The van der Waals surface area contributed by atoms with Crippen molar-refractivity contribution in [2.75, 3.05) is 0 Å². The van der Waals surface area contributed by atoms with Gasteiger partial charge < -0.3 is 0 Å². The molecule has 0 fully saturated rings. The van der Waals surface area contributed by atoms with E-state index in [0.29, 0.717) is 0 Å². The normalized spacial score (nSPS) is 11.6. The molecule has 0 bridgehead atoms. The van der Waals surface area contributed by atoms with Gasteiger partial charge >= 0.3 is 6.18 Å². The van der Waals surface area contributed by atoms with E-state index in [4.69, 9.17) is 0 Å². The molecule has 1 heterocycles. The number of aromatic amines is 1. The van der Waals surface area contributed by atoms with Gasteiger partial charge in [-0.25, -0.2) is 0 Å². The van der Waals surface area contributed by atoms with E-state index in [2.05, 4.69) is 10.2 Å². The maximum atomic E-state index is 12.9. The van der Waals surface area contributed by atoms with Gasteiger partial charge in [0.05, 0.1) is 4.92 Å². The molecule has 2 aromatic rings. The van der Waals surface area contributed by atoms with Crippen molar-refractivity contribution in [3.05, 3.63) is 45.6 Å². The number of nitro benzene ring substituents is 1. The molecular weight excluding hydrogens is 263 g/mol. The lowest BCUT2D eigenvalue weighted by Gasteiger charge is -2.07. The molecule has 0 saturated heterocycles. The molecule has 0 saturated carbocycles. The summed E-state index contributed by atoms with van der Waals surface area (Å²) in [6.07, 6.45) is -4.57. The van der Waals surface area contributed by atoms with Crippen LogP contribution in [0.1, 0.15) is 11.3 Å². The fourth-order valence-corrected chi connectivity index (χ4v) is 1.75. The van der Waals surface area contributed by atoms with Crippen molar-refractivity contribution in [3.63, 3.8) is 0 Å². The third-order valence-electron chi connectivity index (χ3n) is 2.56. The highest BCUT2D eigenvalue weighted by Crippen LogP contribution is 2.38. The van der Waals surface area contributed by atoms with E-state index < -0.39 is 16.7 Å². The van der Waals surface area contributed by atoms with Crippen molar-refractivity contribution in [3.8, 4) is 11.3 Å². The van der Waals surface area contributed by atoms with E-state index in [-0.39, 0.29) is 22.6 Å². The summed E-state index contributed by atoms with van der Waals surface area (Å²) in [5, 5.41) is 16.5. The molecule has 8 heteroatoms. The van der Waals surface area contributed by atoms with Gasteiger partial charge in [-0.2, -0.15) is 18.3 Å². The number of aryl methyl sites for hydroxylation is 1. The fraction of sp³-hybridized carbons (Fsp3) is 0.182. The van der Waals surface area contributed by atoms with Crippen molar-refractivity contribution < 1.29 is 18.1 Å². The molecule has 0 aliphatic rings. The largest absolute Gasteiger partial charge is 0.420 e. The smallest absolute Gasteiger partial charge is 0.282 e. The minimum Gasteiger partial charge on any atom is -0.282 e. The number of benzene rings is 1. The summed E-state index contributed by atoms with van der Waals surface area (Å²) in [5.41, 5.74) is -1.62. The van der Waals surface area contributed by atoms with E-state index in [1.165, 1.54) is 25.1 Å². The monoisotopic (exact) mass is 271 g/mol. The number of hydrogen-bond donors (Lipinski definition) is 1. The molecule has 0 unspecified atom stereocenters. The van der Waals surface area contributed by atoms with Gasteiger partial charge in [-0.15, -0.1) is 0 Å². The lowest BCUT2D eigenvalue weighted by molar-refractivity contribution is -0.384. The summed E-state index contributed by atoms with van der Waals surface area (Å²) in [5.74, 6) is 0. The number of hydrogen-bond acceptors (Lipinski definition) is 3. The highest BCUT2D eigenvalue weighted by atomic mass is 19.4. The molecule has 100 valence electrons. The first-order chi connectivity index (χ1) is 8.80. The van der Waals surface area contributed by atoms with Crippen LogP contribution in [0, 0.1) is 17.0 Å². The van der Waals surface area contributed by atoms with Crippen LogP contribution in [0.2, 0.25) is 0 Å². The molecule has 0 atom stereocenters. The number of rotatable bonds is 2. The number of H-pyrrole nitrogens is 1. The molecule has 0 amide bonds. The molecule has 1 aromatic heterocycles. The Morgan fingerprint density at radius 1 is 1.37 bits per heavy atom. The Labute approximate surface area is 105 Å². The van der Waals surface area contributed by atoms with Crippen LogP contribution in [-0.2, 0) is 6.18 Å². The average Bonchev–Trinajstić information content (AvgIpc) is 2.71. The molecular formula is C11H8F3N3O2. The Balaban J connectivity index is 2.60. The predicted octanol–water partition coefficient (Wildman–Crippen LogP) is 3.31. The number of nitro groups is 1. The second-order valence-electron chi connectivity index (χ2n) is 3.88. The van der Waals surface area contributed by atoms with Gasteiger partial charge in [0.1, 0.15) is 11.3 Å². The molecule has 0 radical (unpaired) electrons. The van der Waals surface area contributed by atoms with Crippen LogP contribution < -0.4 is 0 Å². The topological polar surface area (TPSA) is 71.8 Å². The molecule has 0 aliphatic carbocycles. The van der Waals surface area contributed by atoms with Gasteiger partial charge in [0.2, 0.25) is 0 Å². The molecule has 0 spiro atoms. The summed E-state index contributed by atoms with van der Waals surface area (Å²) in [4.78, 5) is 9.96. The standard InChI is InChI=1S/C11H8F3N3O2/c1-6-9(11(12,13)14)10(16-15-6)7-3-2-4-8(5-7)17(18)19/h2-5H,1H3,(H,15,16). The van der Waals surface area contributed by atoms with E-state index in [1.807, 2.05) is 0 Å². The van der Waals surface area contributed by atoms with Gasteiger partial charge in [-0.05, 0) is 6.92 Å². The van der Waals surface area contributed by atoms with Gasteiger partial charge in [0.25, 0.3) is 5.69 Å². The molecule has 0 aliphatic heterocycles. The Kier molecular flexibility index (Phi) is 3.01. The van der Waals surface area contributed by atoms with Crippen LogP contribution in [0.5, 0.6) is 0 Å². The fourth-order valence-electron chi connectivity index (χ4n) is 1.75. The Hall–Kier alpha value is -2.38. The number of non-ortho nitro benzene ring substituents is 1. The summed E-state index contributed by atoms with van der Waals surface area (Å²) in [7, 11) is 0. The average molecular weight is 271 g/mol. The van der Waals surface area contributed by atoms with Crippen LogP contribution in [-0.4, -0.2) is 15.1 Å². The Bertz CT molecular complexity index is 634. The number of nitrogens with zero attached hydrogens (tertiary/aromatic N) is 2. The quantitative estimate of drug-likeness (QED) is 0.672. The molecule has 5 nitrogen and oxygen atoms in total. The highest BCUT2D eigenvalue weighted by Gasteiger charge is 2.38. The van der Waals surface area contributed by atoms with Crippen molar-refractivity contribution in [2.45, 2.75) is 13.1 Å². The zero-order valence-corrected chi connectivity index (χ0v) is 9.65. The van der Waals surface area contributed by atoms with Crippen LogP contribution >= 0.6 is 0 Å². The lowest BCUT2D eigenvalue weighted by Crippen LogP contribution is -2.07.